The predicted molar refractivity (Wildman–Crippen MR) is 250 cm³/mol. The second-order valence-electron chi connectivity index (χ2n) is 17.4. The monoisotopic (exact) mass is 1050 g/mol. The smallest absolute Gasteiger partial charge is 0.402 e. The number of benzene rings is 4. The van der Waals surface area contributed by atoms with Gasteiger partial charge in [0.1, 0.15) is 80.4 Å². The van der Waals surface area contributed by atoms with E-state index in [1.54, 1.807) is 18.2 Å². The summed E-state index contributed by atoms with van der Waals surface area (Å²) in [4.78, 5) is 25.7. The summed E-state index contributed by atoms with van der Waals surface area (Å²) in [5.74, 6) is -4.57. The van der Waals surface area contributed by atoms with Crippen LogP contribution in [0.1, 0.15) is 15.9 Å². The molecule has 8 rings (SSSR count). The first-order valence-corrected chi connectivity index (χ1v) is 23.0. The van der Waals surface area contributed by atoms with Crippen LogP contribution in [0.3, 0.4) is 0 Å². The van der Waals surface area contributed by atoms with Gasteiger partial charge in [0.15, 0.2) is 46.9 Å². The summed E-state index contributed by atoms with van der Waals surface area (Å²) in [5.41, 5.74) is 0.474. The van der Waals surface area contributed by atoms with Gasteiger partial charge in [0.25, 0.3) is 0 Å². The first-order valence-electron chi connectivity index (χ1n) is 23.0. The number of ether oxygens (including phenoxy) is 9. The molecule has 0 bridgehead atoms. The molecule has 4 heterocycles. The van der Waals surface area contributed by atoms with Gasteiger partial charge in [0.2, 0.25) is 18.3 Å². The topological polar surface area (TPSA) is 392 Å². The number of hydrogen-bond acceptors (Lipinski definition) is 24. The molecule has 3 fully saturated rings. The van der Waals surface area contributed by atoms with E-state index in [9.17, 15) is 76.0 Å². The fourth-order valence-electron chi connectivity index (χ4n) is 8.19. The molecule has 75 heavy (non-hydrogen) atoms. The molecule has 402 valence electrons. The Kier molecular flexibility index (Phi) is 16.9. The van der Waals surface area contributed by atoms with Crippen molar-refractivity contribution < 1.29 is 123 Å². The molecule has 0 radical (unpaired) electrons. The molecule has 25 nitrogen and oxygen atoms in total. The lowest BCUT2D eigenvalue weighted by atomic mass is 9.97. The van der Waals surface area contributed by atoms with Gasteiger partial charge in [-0.3, -0.25) is 0 Å². The number of carbonyl (C=O) groups excluding carboxylic acids is 2. The van der Waals surface area contributed by atoms with Crippen molar-refractivity contribution in [1.82, 2.24) is 0 Å². The summed E-state index contributed by atoms with van der Waals surface area (Å²) < 4.78 is 57.9. The highest BCUT2D eigenvalue weighted by Gasteiger charge is 2.53. The molecule has 3 aliphatic heterocycles. The highest BCUT2D eigenvalue weighted by Crippen LogP contribution is 2.43. The number of esters is 2. The van der Waals surface area contributed by atoms with Crippen molar-refractivity contribution in [1.29, 1.82) is 0 Å². The Labute approximate surface area is 423 Å². The molecule has 1 aromatic heterocycles. The number of hydrogen-bond donors (Lipinski definition) is 13. The normalized spacial score (nSPS) is 29.9. The quantitative estimate of drug-likeness (QED) is 0.0257. The minimum atomic E-state index is -2.11. The van der Waals surface area contributed by atoms with E-state index in [-0.39, 0.29) is 50.7 Å². The van der Waals surface area contributed by atoms with Gasteiger partial charge in [-0.25, -0.2) is 14.0 Å². The molecule has 3 unspecified atom stereocenters. The number of phenols is 4. The van der Waals surface area contributed by atoms with E-state index in [2.05, 4.69) is 0 Å². The zero-order valence-electron chi connectivity index (χ0n) is 39.2. The maximum absolute atomic E-state index is 12.9. The van der Waals surface area contributed by atoms with Gasteiger partial charge >= 0.3 is 23.3 Å². The van der Waals surface area contributed by atoms with Crippen molar-refractivity contribution in [3.8, 4) is 51.6 Å². The maximum Gasteiger partial charge on any atom is 0.402 e. The minimum Gasteiger partial charge on any atom is -0.504 e. The number of fused-ring (bicyclic) bond motifs is 1. The molecule has 0 saturated carbocycles. The van der Waals surface area contributed by atoms with E-state index in [0.717, 1.165) is 18.2 Å². The van der Waals surface area contributed by atoms with Crippen LogP contribution in [0.15, 0.2) is 95.4 Å². The third-order valence-corrected chi connectivity index (χ3v) is 12.4. The van der Waals surface area contributed by atoms with Crippen LogP contribution in [-0.2, 0) is 33.2 Å². The highest BCUT2D eigenvalue weighted by atomic mass is 16.8. The van der Waals surface area contributed by atoms with Crippen molar-refractivity contribution >= 4 is 29.0 Å². The number of aromatic hydroxyl groups is 4. The molecule has 0 amide bonds. The molecule has 3 saturated heterocycles. The van der Waals surface area contributed by atoms with E-state index < -0.39 is 147 Å². The van der Waals surface area contributed by atoms with Crippen LogP contribution in [0.4, 0.5) is 0 Å². The zero-order chi connectivity index (χ0) is 53.8. The molecule has 13 N–H and O–H groups in total. The standard InChI is InChI=1S/C50H52O25/c1-66-30-14-23(9-11-26(30)53)45-32(16-24-15-31(28(55)17-29(24)69-45)70-48-43(63)40(60)37(57)33(18-51)72-48)71-50-46(42(62)39(59)34(74-50)19-67-36(56)12-8-21-7-10-25(52)27(54)13-21)75-49-44(64)41(61)38(58)35(73-49)20-68-47(65)22-5-3-2-4-6-22/h2-17,33-35,37-44,46,48-51,57-64H,18-20H2,1H3,(H3-,52,53,54,55,56)/p+1/t33-,34+,35+,37?,38-,39-,40+,41+,42-,43?,44+,46+,48-,49-,50?/m1/s1. The molecule has 0 aliphatic carbocycles. The molecule has 15 atom stereocenters. The summed E-state index contributed by atoms with van der Waals surface area (Å²) in [5, 5.41) is 139. The largest absolute Gasteiger partial charge is 0.504 e. The minimum absolute atomic E-state index is 0.0426. The van der Waals surface area contributed by atoms with E-state index >= 15 is 0 Å². The van der Waals surface area contributed by atoms with E-state index in [1.165, 1.54) is 67.8 Å². The van der Waals surface area contributed by atoms with E-state index in [1.807, 2.05) is 0 Å². The lowest BCUT2D eigenvalue weighted by Gasteiger charge is -2.45. The molecule has 25 heteroatoms. The zero-order valence-corrected chi connectivity index (χ0v) is 39.2. The lowest BCUT2D eigenvalue weighted by Crippen LogP contribution is -2.65. The highest BCUT2D eigenvalue weighted by molar-refractivity contribution is 5.89. The molecular formula is C50H53O25+. The molecule has 4 aromatic carbocycles. The summed E-state index contributed by atoms with van der Waals surface area (Å²) in [6.45, 7) is -2.25. The van der Waals surface area contributed by atoms with Gasteiger partial charge in [-0.1, -0.05) is 24.3 Å². The van der Waals surface area contributed by atoms with E-state index in [0.29, 0.717) is 0 Å². The lowest BCUT2D eigenvalue weighted by molar-refractivity contribution is -0.357. The Hall–Kier alpha value is -6.95. The fourth-order valence-corrected chi connectivity index (χ4v) is 8.19. The van der Waals surface area contributed by atoms with Crippen molar-refractivity contribution in [2.24, 2.45) is 0 Å². The van der Waals surface area contributed by atoms with Gasteiger partial charge < -0.3 is 109 Å². The van der Waals surface area contributed by atoms with Crippen molar-refractivity contribution in [3.05, 3.63) is 102 Å². The Balaban J connectivity index is 1.14. The summed E-state index contributed by atoms with van der Waals surface area (Å²) in [6, 6.07) is 19.0. The van der Waals surface area contributed by atoms with Crippen LogP contribution in [0.2, 0.25) is 0 Å². The predicted octanol–water partition coefficient (Wildman–Crippen LogP) is -0.478. The first kappa shape index (κ1) is 54.3. The first-order chi connectivity index (χ1) is 35.8. The van der Waals surface area contributed by atoms with E-state index in [4.69, 9.17) is 47.0 Å². The van der Waals surface area contributed by atoms with Gasteiger partial charge in [0.05, 0.1) is 36.3 Å². The number of methoxy groups -OCH3 is 1. The van der Waals surface area contributed by atoms with Crippen LogP contribution < -0.4 is 14.2 Å². The second-order valence-corrected chi connectivity index (χ2v) is 17.4. The van der Waals surface area contributed by atoms with Crippen LogP contribution in [0, 0.1) is 0 Å². The SMILES string of the molecule is COc1cc(-c2[o+]c3cc(O)c(O[C@@H]4O[C@H](CO)C(O)[C@H](O)C4O)cc3cc2OC2O[C@@H](COC(=O)/C=C/c3ccc(O)c(O)c3)[C@@H](O)[C@@H](O)[C@@H]2O[C@H]2O[C@@H](COC(=O)c3ccccc3)[C@@H](O)[C@H](O)[C@@H]2O)ccc1O. The van der Waals surface area contributed by atoms with Crippen LogP contribution >= 0.6 is 0 Å². The van der Waals surface area contributed by atoms with Gasteiger partial charge in [0, 0.05) is 24.3 Å². The number of phenolic OH excluding ortho intramolecular Hbond substituents is 4. The molecule has 5 aromatic rings. The maximum atomic E-state index is 12.9. The average Bonchev–Trinajstić information content (AvgIpc) is 3.40. The van der Waals surface area contributed by atoms with Crippen molar-refractivity contribution in [3.63, 3.8) is 0 Å². The Morgan fingerprint density at radius 2 is 1.20 bits per heavy atom. The Morgan fingerprint density at radius 3 is 1.89 bits per heavy atom. The van der Waals surface area contributed by atoms with Crippen LogP contribution in [0.5, 0.6) is 40.2 Å². The third-order valence-electron chi connectivity index (χ3n) is 12.4. The van der Waals surface area contributed by atoms with Crippen LogP contribution in [-0.4, -0.2) is 197 Å². The molecule has 0 spiro atoms. The van der Waals surface area contributed by atoms with Crippen LogP contribution in [0.25, 0.3) is 28.4 Å². The van der Waals surface area contributed by atoms with Gasteiger partial charge in [-0.05, 0) is 48.0 Å². The number of aliphatic hydroxyl groups excluding tert-OH is 9. The number of rotatable bonds is 16. The Morgan fingerprint density at radius 1 is 0.587 bits per heavy atom. The molecular weight excluding hydrogens is 1000 g/mol. The second kappa shape index (κ2) is 23.3. The number of carbonyl (C=O) groups is 2. The summed E-state index contributed by atoms with van der Waals surface area (Å²) in [7, 11) is 1.27. The van der Waals surface area contributed by atoms with Gasteiger partial charge in [-0.15, -0.1) is 0 Å². The fraction of sp³-hybridized carbons (Fsp3) is 0.380. The average molecular weight is 1050 g/mol. The van der Waals surface area contributed by atoms with Crippen molar-refractivity contribution in [2.75, 3.05) is 26.9 Å². The molecule has 3 aliphatic rings. The Bertz CT molecular complexity index is 2830. The van der Waals surface area contributed by atoms with Crippen molar-refractivity contribution in [2.45, 2.75) is 92.1 Å². The third kappa shape index (κ3) is 12.0. The summed E-state index contributed by atoms with van der Waals surface area (Å²) >= 11 is 0. The van der Waals surface area contributed by atoms with Gasteiger partial charge in [-0.2, -0.15) is 0 Å². The summed E-state index contributed by atoms with van der Waals surface area (Å²) in [6.07, 6.45) is -25.6. The number of aliphatic hydroxyl groups is 9.